The molecule has 0 unspecified atom stereocenters. The van der Waals surface area contributed by atoms with Gasteiger partial charge in [0.05, 0.1) is 12.2 Å². The number of aromatic nitrogens is 1. The Labute approximate surface area is 98.7 Å². The van der Waals surface area contributed by atoms with Gasteiger partial charge in [-0.05, 0) is 23.8 Å². The Morgan fingerprint density at radius 1 is 1.18 bits per heavy atom. The standard InChI is InChI=1S/C13H10N2O2/c14-7-11-3-6-13(15-8-11)17-12-4-1-10(9-16)2-5-12/h1-6,8,16H,9H2. The molecule has 0 aliphatic rings. The number of aliphatic hydroxyl groups excluding tert-OH is 1. The zero-order chi connectivity index (χ0) is 12.1. The lowest BCUT2D eigenvalue weighted by molar-refractivity contribution is 0.281. The highest BCUT2D eigenvalue weighted by Crippen LogP contribution is 2.19. The monoisotopic (exact) mass is 226 g/mol. The highest BCUT2D eigenvalue weighted by Gasteiger charge is 1.99. The lowest BCUT2D eigenvalue weighted by Crippen LogP contribution is -1.89. The summed E-state index contributed by atoms with van der Waals surface area (Å²) in [6, 6.07) is 12.3. The van der Waals surface area contributed by atoms with Gasteiger partial charge in [-0.15, -0.1) is 0 Å². The SMILES string of the molecule is N#Cc1ccc(Oc2ccc(CO)cc2)nc1. The maximum absolute atomic E-state index is 8.89. The summed E-state index contributed by atoms with van der Waals surface area (Å²) in [6.07, 6.45) is 1.46. The van der Waals surface area contributed by atoms with Crippen LogP contribution in [-0.2, 0) is 6.61 Å². The maximum Gasteiger partial charge on any atom is 0.219 e. The summed E-state index contributed by atoms with van der Waals surface area (Å²) >= 11 is 0. The fourth-order valence-corrected chi connectivity index (χ4v) is 1.29. The van der Waals surface area contributed by atoms with Crippen molar-refractivity contribution in [1.82, 2.24) is 4.98 Å². The first-order chi connectivity index (χ1) is 8.31. The van der Waals surface area contributed by atoms with Crippen molar-refractivity contribution >= 4 is 0 Å². The molecule has 4 nitrogen and oxygen atoms in total. The molecule has 0 saturated carbocycles. The minimum Gasteiger partial charge on any atom is -0.439 e. The van der Waals surface area contributed by atoms with Gasteiger partial charge >= 0.3 is 0 Å². The Hall–Kier alpha value is -2.38. The summed E-state index contributed by atoms with van der Waals surface area (Å²) < 4.78 is 5.48. The smallest absolute Gasteiger partial charge is 0.219 e. The van der Waals surface area contributed by atoms with E-state index in [1.807, 2.05) is 6.07 Å². The van der Waals surface area contributed by atoms with E-state index in [9.17, 15) is 0 Å². The molecular formula is C13H10N2O2. The van der Waals surface area contributed by atoms with Crippen LogP contribution < -0.4 is 4.74 Å². The first-order valence-corrected chi connectivity index (χ1v) is 5.05. The van der Waals surface area contributed by atoms with Crippen molar-refractivity contribution in [2.75, 3.05) is 0 Å². The lowest BCUT2D eigenvalue weighted by Gasteiger charge is -2.04. The zero-order valence-corrected chi connectivity index (χ0v) is 9.00. The number of hydrogen-bond donors (Lipinski definition) is 1. The van der Waals surface area contributed by atoms with Gasteiger partial charge in [-0.1, -0.05) is 12.1 Å². The van der Waals surface area contributed by atoms with Crippen molar-refractivity contribution in [1.29, 1.82) is 5.26 Å². The summed E-state index contributed by atoms with van der Waals surface area (Å²) in [5, 5.41) is 17.5. The highest BCUT2D eigenvalue weighted by molar-refractivity contribution is 5.32. The van der Waals surface area contributed by atoms with E-state index in [0.29, 0.717) is 17.2 Å². The van der Waals surface area contributed by atoms with Crippen LogP contribution in [0.5, 0.6) is 11.6 Å². The molecular weight excluding hydrogens is 216 g/mol. The van der Waals surface area contributed by atoms with Crippen molar-refractivity contribution in [3.63, 3.8) is 0 Å². The average molecular weight is 226 g/mol. The predicted octanol–water partition coefficient (Wildman–Crippen LogP) is 2.24. The number of nitriles is 1. The topological polar surface area (TPSA) is 66.1 Å². The molecule has 0 bridgehead atoms. The van der Waals surface area contributed by atoms with Crippen molar-refractivity contribution in [2.24, 2.45) is 0 Å². The Morgan fingerprint density at radius 2 is 1.94 bits per heavy atom. The van der Waals surface area contributed by atoms with Crippen molar-refractivity contribution in [2.45, 2.75) is 6.61 Å². The van der Waals surface area contributed by atoms with Gasteiger partial charge in [0.1, 0.15) is 11.8 Å². The molecule has 1 aromatic heterocycles. The second-order valence-electron chi connectivity index (χ2n) is 3.40. The molecule has 4 heteroatoms. The van der Waals surface area contributed by atoms with E-state index < -0.39 is 0 Å². The molecule has 1 heterocycles. The quantitative estimate of drug-likeness (QED) is 0.871. The fraction of sp³-hybridized carbons (Fsp3) is 0.0769. The van der Waals surface area contributed by atoms with Gasteiger partial charge in [0.2, 0.25) is 5.88 Å². The normalized spacial score (nSPS) is 9.65. The fourth-order valence-electron chi connectivity index (χ4n) is 1.29. The first-order valence-electron chi connectivity index (χ1n) is 5.05. The van der Waals surface area contributed by atoms with E-state index in [2.05, 4.69) is 4.98 Å². The van der Waals surface area contributed by atoms with Crippen LogP contribution in [0.4, 0.5) is 0 Å². The van der Waals surface area contributed by atoms with Crippen LogP contribution in [0.25, 0.3) is 0 Å². The Kier molecular flexibility index (Phi) is 3.34. The number of aliphatic hydroxyl groups is 1. The van der Waals surface area contributed by atoms with Gasteiger partial charge in [0.15, 0.2) is 0 Å². The molecule has 0 amide bonds. The Morgan fingerprint density at radius 3 is 2.47 bits per heavy atom. The minimum absolute atomic E-state index is 0.00932. The molecule has 2 aromatic rings. The first kappa shape index (κ1) is 11.1. The molecule has 2 rings (SSSR count). The van der Waals surface area contributed by atoms with Gasteiger partial charge in [-0.3, -0.25) is 0 Å². The summed E-state index contributed by atoms with van der Waals surface area (Å²) in [5.41, 5.74) is 1.32. The van der Waals surface area contributed by atoms with Gasteiger partial charge < -0.3 is 9.84 Å². The van der Waals surface area contributed by atoms with Gasteiger partial charge in [-0.25, -0.2) is 4.98 Å². The van der Waals surface area contributed by atoms with E-state index in [1.54, 1.807) is 36.4 Å². The molecule has 0 fully saturated rings. The number of pyridine rings is 1. The highest BCUT2D eigenvalue weighted by atomic mass is 16.5. The number of hydrogen-bond acceptors (Lipinski definition) is 4. The minimum atomic E-state index is 0.00932. The van der Waals surface area contributed by atoms with Crippen LogP contribution in [0.1, 0.15) is 11.1 Å². The third-order valence-corrected chi connectivity index (χ3v) is 2.19. The van der Waals surface area contributed by atoms with Crippen LogP contribution in [0, 0.1) is 11.3 Å². The third-order valence-electron chi connectivity index (χ3n) is 2.19. The summed E-state index contributed by atoms with van der Waals surface area (Å²) in [6.45, 7) is 0.00932. The second-order valence-corrected chi connectivity index (χ2v) is 3.40. The van der Waals surface area contributed by atoms with E-state index in [4.69, 9.17) is 15.1 Å². The van der Waals surface area contributed by atoms with Crippen LogP contribution in [0.3, 0.4) is 0 Å². The van der Waals surface area contributed by atoms with Crippen molar-refractivity contribution in [3.8, 4) is 17.7 Å². The number of rotatable bonds is 3. The maximum atomic E-state index is 8.89. The Bertz CT molecular complexity index is 527. The molecule has 0 spiro atoms. The van der Waals surface area contributed by atoms with Crippen LogP contribution in [0.2, 0.25) is 0 Å². The van der Waals surface area contributed by atoms with E-state index in [-0.39, 0.29) is 6.61 Å². The van der Waals surface area contributed by atoms with Crippen molar-refractivity contribution < 1.29 is 9.84 Å². The summed E-state index contributed by atoms with van der Waals surface area (Å²) in [5.74, 6) is 1.07. The molecule has 0 aliphatic carbocycles. The number of nitrogens with zero attached hydrogens (tertiary/aromatic N) is 2. The number of ether oxygens (including phenoxy) is 1. The van der Waals surface area contributed by atoms with Gasteiger partial charge in [0.25, 0.3) is 0 Å². The third kappa shape index (κ3) is 2.80. The molecule has 84 valence electrons. The molecule has 0 radical (unpaired) electrons. The molecule has 1 aromatic carbocycles. The number of benzene rings is 1. The largest absolute Gasteiger partial charge is 0.439 e. The van der Waals surface area contributed by atoms with Crippen LogP contribution >= 0.6 is 0 Å². The predicted molar refractivity (Wildman–Crippen MR) is 61.4 cm³/mol. The van der Waals surface area contributed by atoms with E-state index in [1.165, 1.54) is 6.20 Å². The second kappa shape index (κ2) is 5.10. The van der Waals surface area contributed by atoms with Crippen molar-refractivity contribution in [3.05, 3.63) is 53.7 Å². The lowest BCUT2D eigenvalue weighted by atomic mass is 10.2. The van der Waals surface area contributed by atoms with E-state index >= 15 is 0 Å². The van der Waals surface area contributed by atoms with Crippen LogP contribution in [0.15, 0.2) is 42.6 Å². The molecule has 0 aliphatic heterocycles. The molecule has 0 atom stereocenters. The summed E-state index contributed by atoms with van der Waals surface area (Å²) in [4.78, 5) is 3.99. The van der Waals surface area contributed by atoms with E-state index in [0.717, 1.165) is 5.56 Å². The van der Waals surface area contributed by atoms with Gasteiger partial charge in [-0.2, -0.15) is 5.26 Å². The van der Waals surface area contributed by atoms with Gasteiger partial charge in [0, 0.05) is 12.3 Å². The molecule has 0 saturated heterocycles. The summed E-state index contributed by atoms with van der Waals surface area (Å²) in [7, 11) is 0. The Balaban J connectivity index is 2.11. The average Bonchev–Trinajstić information content (AvgIpc) is 2.40. The van der Waals surface area contributed by atoms with Crippen LogP contribution in [-0.4, -0.2) is 10.1 Å². The molecule has 1 N–H and O–H groups in total. The zero-order valence-electron chi connectivity index (χ0n) is 9.00. The molecule has 17 heavy (non-hydrogen) atoms.